The van der Waals surface area contributed by atoms with Gasteiger partial charge in [-0.3, -0.25) is 0 Å². The van der Waals surface area contributed by atoms with E-state index in [2.05, 4.69) is 11.9 Å². The van der Waals surface area contributed by atoms with Crippen molar-refractivity contribution in [2.24, 2.45) is 5.41 Å². The van der Waals surface area contributed by atoms with Crippen LogP contribution < -0.4 is 5.32 Å². The Bertz CT molecular complexity index is 424. The van der Waals surface area contributed by atoms with Gasteiger partial charge in [0.15, 0.2) is 0 Å². The highest BCUT2D eigenvalue weighted by molar-refractivity contribution is 5.79. The van der Waals surface area contributed by atoms with Crippen LogP contribution in [0.25, 0.3) is 0 Å². The summed E-state index contributed by atoms with van der Waals surface area (Å²) in [7, 11) is 0. The van der Waals surface area contributed by atoms with Crippen molar-refractivity contribution in [3.8, 4) is 0 Å². The summed E-state index contributed by atoms with van der Waals surface area (Å²) in [5.74, 6) is -1.55. The average Bonchev–Trinajstić information content (AvgIpc) is 2.22. The van der Waals surface area contributed by atoms with Gasteiger partial charge in [0.2, 0.25) is 0 Å². The van der Waals surface area contributed by atoms with Gasteiger partial charge in [0, 0.05) is 5.41 Å². The zero-order chi connectivity index (χ0) is 16.3. The third kappa shape index (κ3) is 5.02. The lowest BCUT2D eigenvalue weighted by molar-refractivity contribution is -0.139. The molecule has 1 amide bonds. The van der Waals surface area contributed by atoms with Crippen LogP contribution in [-0.2, 0) is 9.53 Å². The summed E-state index contributed by atoms with van der Waals surface area (Å²) in [6.45, 7) is 8.44. The monoisotopic (exact) mass is 301 g/mol. The molecule has 2 N–H and O–H groups in total. The molecule has 21 heavy (non-hydrogen) atoms. The zero-order valence-electron chi connectivity index (χ0n) is 12.9. The SMILES string of the molecule is C=C(F)C1(CCC(NC(=O)OC(C)(C)C)C(=O)O)CCC1. The molecule has 1 aliphatic rings. The van der Waals surface area contributed by atoms with E-state index in [9.17, 15) is 14.0 Å². The van der Waals surface area contributed by atoms with E-state index < -0.39 is 34.9 Å². The number of rotatable bonds is 6. The number of hydrogen-bond donors (Lipinski definition) is 2. The Morgan fingerprint density at radius 1 is 1.43 bits per heavy atom. The Morgan fingerprint density at radius 3 is 2.33 bits per heavy atom. The number of carboxylic acid groups (broad SMARTS) is 1. The lowest BCUT2D eigenvalue weighted by Gasteiger charge is -2.41. The van der Waals surface area contributed by atoms with E-state index in [0.717, 1.165) is 6.42 Å². The van der Waals surface area contributed by atoms with Gasteiger partial charge in [0.25, 0.3) is 0 Å². The molecule has 0 aromatic carbocycles. The molecule has 0 aliphatic heterocycles. The molecule has 1 atom stereocenters. The van der Waals surface area contributed by atoms with Gasteiger partial charge >= 0.3 is 12.1 Å². The fourth-order valence-electron chi connectivity index (χ4n) is 2.39. The second-order valence-corrected chi connectivity index (χ2v) is 6.61. The first-order valence-electron chi connectivity index (χ1n) is 7.13. The largest absolute Gasteiger partial charge is 0.480 e. The quantitative estimate of drug-likeness (QED) is 0.788. The third-order valence-corrected chi connectivity index (χ3v) is 3.79. The predicted octanol–water partition coefficient (Wildman–Crippen LogP) is 3.40. The second-order valence-electron chi connectivity index (χ2n) is 6.61. The summed E-state index contributed by atoms with van der Waals surface area (Å²) in [6.07, 6.45) is 2.01. The van der Waals surface area contributed by atoms with Gasteiger partial charge < -0.3 is 15.2 Å². The Morgan fingerprint density at radius 2 is 2.00 bits per heavy atom. The average molecular weight is 301 g/mol. The zero-order valence-corrected chi connectivity index (χ0v) is 12.9. The summed E-state index contributed by atoms with van der Waals surface area (Å²) in [4.78, 5) is 22.8. The van der Waals surface area contributed by atoms with Crippen molar-refractivity contribution in [1.82, 2.24) is 5.32 Å². The topological polar surface area (TPSA) is 75.6 Å². The van der Waals surface area contributed by atoms with E-state index >= 15 is 0 Å². The highest BCUT2D eigenvalue weighted by atomic mass is 19.1. The van der Waals surface area contributed by atoms with Crippen LogP contribution in [-0.4, -0.2) is 28.8 Å². The Balaban J connectivity index is 2.56. The van der Waals surface area contributed by atoms with E-state index in [0.29, 0.717) is 19.3 Å². The maximum Gasteiger partial charge on any atom is 0.408 e. The van der Waals surface area contributed by atoms with Crippen LogP contribution >= 0.6 is 0 Å². The van der Waals surface area contributed by atoms with Crippen molar-refractivity contribution in [1.29, 1.82) is 0 Å². The van der Waals surface area contributed by atoms with Gasteiger partial charge in [0.1, 0.15) is 11.6 Å². The minimum absolute atomic E-state index is 0.150. The Hall–Kier alpha value is -1.59. The number of carbonyl (C=O) groups is 2. The molecular formula is C15H24FNO4. The summed E-state index contributed by atoms with van der Waals surface area (Å²) in [5.41, 5.74) is -1.31. The van der Waals surface area contributed by atoms with E-state index in [4.69, 9.17) is 9.84 Å². The summed E-state index contributed by atoms with van der Waals surface area (Å²) in [5, 5.41) is 11.5. The molecule has 0 radical (unpaired) electrons. The first-order chi connectivity index (χ1) is 9.56. The highest BCUT2D eigenvalue weighted by Crippen LogP contribution is 2.50. The third-order valence-electron chi connectivity index (χ3n) is 3.79. The molecule has 0 heterocycles. The molecule has 1 unspecified atom stereocenters. The molecule has 6 heteroatoms. The van der Waals surface area contributed by atoms with Crippen molar-refractivity contribution in [2.75, 3.05) is 0 Å². The number of carbonyl (C=O) groups excluding carboxylic acids is 1. The lowest BCUT2D eigenvalue weighted by Crippen LogP contribution is -2.44. The van der Waals surface area contributed by atoms with E-state index in [1.807, 2.05) is 0 Å². The first-order valence-corrected chi connectivity index (χ1v) is 7.13. The summed E-state index contributed by atoms with van der Waals surface area (Å²) in [6, 6.07) is -1.09. The number of amides is 1. The van der Waals surface area contributed by atoms with Gasteiger partial charge in [-0.25, -0.2) is 14.0 Å². The predicted molar refractivity (Wildman–Crippen MR) is 76.6 cm³/mol. The number of aliphatic carboxylic acids is 1. The van der Waals surface area contributed by atoms with Crippen molar-refractivity contribution in [3.63, 3.8) is 0 Å². The second kappa shape index (κ2) is 6.45. The molecule has 0 aromatic rings. The van der Waals surface area contributed by atoms with Gasteiger partial charge in [-0.15, -0.1) is 0 Å². The minimum Gasteiger partial charge on any atom is -0.480 e. The molecular weight excluding hydrogens is 277 g/mol. The van der Waals surface area contributed by atoms with E-state index in [1.165, 1.54) is 0 Å². The summed E-state index contributed by atoms with van der Waals surface area (Å²) >= 11 is 0. The first kappa shape index (κ1) is 17.5. The minimum atomic E-state index is -1.15. The van der Waals surface area contributed by atoms with E-state index in [-0.39, 0.29) is 6.42 Å². The van der Waals surface area contributed by atoms with Gasteiger partial charge in [0.05, 0.1) is 5.83 Å². The molecule has 0 aromatic heterocycles. The number of alkyl carbamates (subject to hydrolysis) is 1. The van der Waals surface area contributed by atoms with Gasteiger partial charge in [-0.05, 0) is 46.5 Å². The maximum atomic E-state index is 13.5. The lowest BCUT2D eigenvalue weighted by atomic mass is 9.65. The number of ether oxygens (including phenoxy) is 1. The fourth-order valence-corrected chi connectivity index (χ4v) is 2.39. The van der Waals surface area contributed by atoms with Crippen molar-refractivity contribution < 1.29 is 23.8 Å². The number of halogens is 1. The van der Waals surface area contributed by atoms with Crippen molar-refractivity contribution >= 4 is 12.1 Å². The van der Waals surface area contributed by atoms with Gasteiger partial charge in [-0.2, -0.15) is 0 Å². The van der Waals surface area contributed by atoms with E-state index in [1.54, 1.807) is 20.8 Å². The highest BCUT2D eigenvalue weighted by Gasteiger charge is 2.41. The van der Waals surface area contributed by atoms with Gasteiger partial charge in [-0.1, -0.05) is 13.0 Å². The van der Waals surface area contributed by atoms with Crippen LogP contribution in [0.2, 0.25) is 0 Å². The molecule has 120 valence electrons. The number of hydrogen-bond acceptors (Lipinski definition) is 3. The fraction of sp³-hybridized carbons (Fsp3) is 0.733. The Kier molecular flexibility index (Phi) is 5.36. The molecule has 1 fully saturated rings. The van der Waals surface area contributed by atoms with Crippen LogP contribution in [0.4, 0.5) is 9.18 Å². The maximum absolute atomic E-state index is 13.5. The molecule has 0 bridgehead atoms. The number of carboxylic acids is 1. The standard InChI is InChI=1S/C15H24FNO4/c1-10(16)15(7-5-8-15)9-6-11(12(18)19)17-13(20)21-14(2,3)4/h11H,1,5-9H2,2-4H3,(H,17,20)(H,18,19). The summed E-state index contributed by atoms with van der Waals surface area (Å²) < 4.78 is 18.5. The smallest absolute Gasteiger partial charge is 0.408 e. The van der Waals surface area contributed by atoms with Crippen LogP contribution in [0.5, 0.6) is 0 Å². The number of nitrogens with one attached hydrogen (secondary N) is 1. The van der Waals surface area contributed by atoms with Crippen LogP contribution in [0.3, 0.4) is 0 Å². The van der Waals surface area contributed by atoms with Crippen LogP contribution in [0.1, 0.15) is 52.9 Å². The normalized spacial score (nSPS) is 18.3. The number of allylic oxidation sites excluding steroid dienone is 1. The van der Waals surface area contributed by atoms with Crippen molar-refractivity contribution in [2.45, 2.75) is 64.5 Å². The molecule has 1 saturated carbocycles. The molecule has 0 saturated heterocycles. The Labute approximate surface area is 124 Å². The molecule has 0 spiro atoms. The van der Waals surface area contributed by atoms with Crippen LogP contribution in [0.15, 0.2) is 12.4 Å². The molecule has 1 rings (SSSR count). The van der Waals surface area contributed by atoms with Crippen molar-refractivity contribution in [3.05, 3.63) is 12.4 Å². The molecule has 5 nitrogen and oxygen atoms in total. The molecule has 1 aliphatic carbocycles. The van der Waals surface area contributed by atoms with Crippen LogP contribution in [0, 0.1) is 5.41 Å².